The first kappa shape index (κ1) is 77.9. The van der Waals surface area contributed by atoms with E-state index in [2.05, 4.69) is 187 Å². The van der Waals surface area contributed by atoms with Gasteiger partial charge < -0.3 is 20.4 Å². The number of rotatable bonds is 18. The van der Waals surface area contributed by atoms with Crippen molar-refractivity contribution in [3.63, 3.8) is 0 Å². The largest absolute Gasteiger partial charge is 0.507 e. The van der Waals surface area contributed by atoms with E-state index in [0.717, 1.165) is 47.9 Å². The number of carboxylic acid groups (broad SMARTS) is 2. The van der Waals surface area contributed by atoms with Gasteiger partial charge in [-0.3, -0.25) is 9.59 Å². The van der Waals surface area contributed by atoms with Gasteiger partial charge in [-0.15, -0.1) is 0 Å². The van der Waals surface area contributed by atoms with Gasteiger partial charge in [0.2, 0.25) is 0 Å². The molecule has 0 unspecified atom stereocenters. The fourth-order valence-corrected chi connectivity index (χ4v) is 17.7. The van der Waals surface area contributed by atoms with Gasteiger partial charge in [0.15, 0.2) is 5.41 Å². The van der Waals surface area contributed by atoms with Gasteiger partial charge in [0, 0.05) is 0 Å². The lowest BCUT2D eigenvalue weighted by Gasteiger charge is -2.57. The Morgan fingerprint density at radius 2 is 0.400 bits per heavy atom. The van der Waals surface area contributed by atoms with Crippen molar-refractivity contribution >= 4 is 11.9 Å². The summed E-state index contributed by atoms with van der Waals surface area (Å²) in [5, 5.41) is 54.6. The fourth-order valence-electron chi connectivity index (χ4n) is 17.7. The Morgan fingerprint density at radius 3 is 0.526 bits per heavy atom. The Bertz CT molecular complexity index is 3250. The molecule has 0 heterocycles. The third-order valence-electron chi connectivity index (χ3n) is 20.4. The fraction of sp³-hybridized carbons (Fsp3) is 0.573. The Balaban J connectivity index is 2.24. The van der Waals surface area contributed by atoms with Crippen LogP contribution in [-0.4, -0.2) is 32.4 Å². The number of phenols is 2. The van der Waals surface area contributed by atoms with Gasteiger partial charge in [0.05, 0.1) is 10.8 Å². The summed E-state index contributed by atoms with van der Waals surface area (Å²) < 4.78 is 0. The van der Waals surface area contributed by atoms with Crippen LogP contribution in [0.1, 0.15) is 325 Å². The number of hydrogen-bond acceptors (Lipinski definition) is 4. The second-order valence-corrected chi connectivity index (χ2v) is 40.5. The predicted molar refractivity (Wildman–Crippen MR) is 403 cm³/mol. The highest BCUT2D eigenvalue weighted by Crippen LogP contribution is 2.67. The minimum atomic E-state index is -3.08. The van der Waals surface area contributed by atoms with Crippen LogP contribution in [0.25, 0.3) is 0 Å². The molecule has 4 N–H and O–H groups in total. The second-order valence-electron chi connectivity index (χ2n) is 40.5. The molecule has 0 saturated heterocycles. The van der Waals surface area contributed by atoms with E-state index in [-0.39, 0.29) is 54.8 Å². The number of benzene rings is 6. The zero-order valence-corrected chi connectivity index (χ0v) is 65.5. The van der Waals surface area contributed by atoms with E-state index < -0.39 is 49.8 Å². The molecule has 0 radical (unpaired) electrons. The van der Waals surface area contributed by atoms with Crippen molar-refractivity contribution in [2.45, 2.75) is 301 Å². The van der Waals surface area contributed by atoms with Crippen molar-refractivity contribution in [3.05, 3.63) is 199 Å². The topological polar surface area (TPSA) is 115 Å². The van der Waals surface area contributed by atoms with Gasteiger partial charge >= 0.3 is 11.9 Å². The number of aliphatic carboxylic acids is 2. The maximum Gasteiger partial charge on any atom is 0.324 e. The summed E-state index contributed by atoms with van der Waals surface area (Å²) in [6.07, 6.45) is 3.31. The number of carboxylic acids is 2. The Morgan fingerprint density at radius 1 is 0.253 bits per heavy atom. The molecule has 0 aromatic heterocycles. The van der Waals surface area contributed by atoms with E-state index in [9.17, 15) is 20.4 Å². The van der Waals surface area contributed by atoms with Crippen molar-refractivity contribution in [2.24, 2.45) is 27.1 Å². The molecule has 6 rings (SSSR count). The highest BCUT2D eigenvalue weighted by molar-refractivity contribution is 6.06. The number of phenolic OH excluding ortho intramolecular Hbond substituents is 2. The van der Waals surface area contributed by atoms with E-state index in [1.807, 2.05) is 156 Å². The molecular formula is C89H128O6. The van der Waals surface area contributed by atoms with Crippen molar-refractivity contribution < 1.29 is 30.0 Å². The highest BCUT2D eigenvalue weighted by atomic mass is 16.4. The molecule has 0 atom stereocenters. The van der Waals surface area contributed by atoms with Crippen molar-refractivity contribution in [2.75, 3.05) is 0 Å². The minimum Gasteiger partial charge on any atom is -0.507 e. The molecule has 0 fully saturated rings. The van der Waals surface area contributed by atoms with Gasteiger partial charge in [0.1, 0.15) is 11.5 Å². The van der Waals surface area contributed by atoms with Gasteiger partial charge in [-0.1, -0.05) is 343 Å². The standard InChI is InChI=1S/C89H128O6/c1-75(2,3)53-83(25,26)57-33-41-61(42-34-57)87(62-43-35-58(36-44-62)84(27,28)54-76(4,5)6,65-49-67(79(13,14)15)71(90)68(50-65)80(16,17)18)89(73(92)93,74(94)95)88(63-45-37-59(38-46-63)85(29,30)55-77(7,8)9,64-47-39-60(40-48-64)86(31,32)56-78(10,11)12)66-51-69(81(19,20)21)72(91)70(52-66)82(22,23)24/h33-52,90-91H,53-56H2,1-32H3,(H,92,93)(H,94,95). The lowest BCUT2D eigenvalue weighted by Crippen LogP contribution is -2.68. The molecule has 95 heavy (non-hydrogen) atoms. The molecule has 0 bridgehead atoms. The Labute approximate surface area is 578 Å². The van der Waals surface area contributed by atoms with Gasteiger partial charge in [0.25, 0.3) is 0 Å². The van der Waals surface area contributed by atoms with E-state index in [1.54, 1.807) is 0 Å². The van der Waals surface area contributed by atoms with Crippen LogP contribution in [0.15, 0.2) is 121 Å². The summed E-state index contributed by atoms with van der Waals surface area (Å²) in [6, 6.07) is 40.8. The lowest BCUT2D eigenvalue weighted by molar-refractivity contribution is -0.173. The van der Waals surface area contributed by atoms with Gasteiger partial charge in [-0.25, -0.2) is 0 Å². The van der Waals surface area contributed by atoms with E-state index in [0.29, 0.717) is 55.6 Å². The smallest absolute Gasteiger partial charge is 0.324 e. The summed E-state index contributed by atoms with van der Waals surface area (Å²) in [7, 11) is 0. The molecule has 0 saturated carbocycles. The second kappa shape index (κ2) is 25.3. The van der Waals surface area contributed by atoms with Crippen LogP contribution in [0.3, 0.4) is 0 Å². The first-order valence-corrected chi connectivity index (χ1v) is 35.2. The number of hydrogen-bond donors (Lipinski definition) is 4. The molecule has 6 aromatic rings. The van der Waals surface area contributed by atoms with Gasteiger partial charge in [-0.05, 0) is 169 Å². The van der Waals surface area contributed by atoms with Crippen molar-refractivity contribution in [3.8, 4) is 11.5 Å². The van der Waals surface area contributed by atoms with Crippen molar-refractivity contribution in [1.82, 2.24) is 0 Å². The van der Waals surface area contributed by atoms with Crippen LogP contribution < -0.4 is 0 Å². The summed E-state index contributed by atoms with van der Waals surface area (Å²) >= 11 is 0. The maximum atomic E-state index is 17.5. The van der Waals surface area contributed by atoms with Gasteiger partial charge in [-0.2, -0.15) is 0 Å². The van der Waals surface area contributed by atoms with Crippen LogP contribution in [0, 0.1) is 27.1 Å². The molecule has 520 valence electrons. The number of carbonyl (C=O) groups is 2. The average molecular weight is 1290 g/mol. The van der Waals surface area contributed by atoms with Crippen LogP contribution in [-0.2, 0) is 63.7 Å². The van der Waals surface area contributed by atoms with Crippen LogP contribution >= 0.6 is 0 Å². The molecule has 6 aromatic carbocycles. The van der Waals surface area contributed by atoms with Crippen LogP contribution in [0.4, 0.5) is 0 Å². The third kappa shape index (κ3) is 15.6. The first-order valence-electron chi connectivity index (χ1n) is 35.2. The van der Waals surface area contributed by atoms with Crippen LogP contribution in [0.2, 0.25) is 0 Å². The average Bonchev–Trinajstić information content (AvgIpc) is 0.657. The maximum absolute atomic E-state index is 17.5. The van der Waals surface area contributed by atoms with E-state index in [4.69, 9.17) is 0 Å². The minimum absolute atomic E-state index is 0.0640. The molecule has 0 aliphatic carbocycles. The monoisotopic (exact) mass is 1290 g/mol. The Hall–Kier alpha value is -6.14. The normalized spacial score (nSPS) is 14.3. The lowest BCUT2D eigenvalue weighted by atomic mass is 9.40. The van der Waals surface area contributed by atoms with Crippen molar-refractivity contribution in [1.29, 1.82) is 0 Å². The zero-order valence-electron chi connectivity index (χ0n) is 65.5. The first-order chi connectivity index (χ1) is 42.5. The third-order valence-corrected chi connectivity index (χ3v) is 20.4. The zero-order chi connectivity index (χ0) is 72.9. The predicted octanol–water partition coefficient (Wildman–Crippen LogP) is 23.7. The molecule has 6 nitrogen and oxygen atoms in total. The molecule has 0 amide bonds. The summed E-state index contributed by atoms with van der Waals surface area (Å²) in [4.78, 5) is 35.0. The summed E-state index contributed by atoms with van der Waals surface area (Å²) in [5.41, 5.74) is -3.48. The van der Waals surface area contributed by atoms with E-state index >= 15 is 9.59 Å². The Kier molecular flexibility index (Phi) is 20.7. The molecule has 0 spiro atoms. The summed E-state index contributed by atoms with van der Waals surface area (Å²) in [5.74, 6) is -2.99. The quantitative estimate of drug-likeness (QED) is 0.0503. The number of aromatic hydroxyl groups is 2. The van der Waals surface area contributed by atoms with E-state index in [1.165, 1.54) is 0 Å². The summed E-state index contributed by atoms with van der Waals surface area (Å²) in [6.45, 7) is 69.5. The molecule has 6 heteroatoms. The van der Waals surface area contributed by atoms with Crippen LogP contribution in [0.5, 0.6) is 11.5 Å². The molecule has 0 aliphatic rings. The highest BCUT2D eigenvalue weighted by Gasteiger charge is 2.76. The SMILES string of the molecule is CC(C)(C)CC(C)(C)c1ccc(C(c2ccc(C(C)(C)CC(C)(C)C)cc2)(c2cc(C(C)(C)C)c(O)c(C(C)(C)C)c2)C(C(=O)O)(C(=O)O)C(c2ccc(C(C)(C)CC(C)(C)C)cc2)(c2ccc(C(C)(C)CC(C)(C)C)cc2)c2cc(C(C)(C)C)c(O)c(C(C)(C)C)c2)cc1. The molecular weight excluding hydrogens is 1160 g/mol. The molecule has 0 aliphatic heterocycles.